The highest BCUT2D eigenvalue weighted by Crippen LogP contribution is 2.25. The SMILES string of the molecule is O.[Cl-].c1coc(Cn2c(-c3ccco3)[n+](Cc3ccco3)c3ccccc32)c1. The zero-order valence-corrected chi connectivity index (χ0v) is 15.7. The van der Waals surface area contributed by atoms with E-state index in [-0.39, 0.29) is 17.9 Å². The second-order valence-corrected chi connectivity index (χ2v) is 6.12. The number of nitrogens with zero attached hydrogens (tertiary/aromatic N) is 2. The van der Waals surface area contributed by atoms with E-state index in [1.54, 1.807) is 18.8 Å². The molecular weight excluding hydrogens is 380 g/mol. The van der Waals surface area contributed by atoms with Crippen LogP contribution in [-0.2, 0) is 13.1 Å². The molecule has 0 radical (unpaired) electrons. The van der Waals surface area contributed by atoms with Crippen LogP contribution in [0.4, 0.5) is 0 Å². The molecular formula is C21H19ClN2O4. The van der Waals surface area contributed by atoms with Gasteiger partial charge in [0.1, 0.15) is 24.6 Å². The highest BCUT2D eigenvalue weighted by atomic mass is 35.5. The molecule has 5 rings (SSSR count). The van der Waals surface area contributed by atoms with Gasteiger partial charge in [-0.1, -0.05) is 12.1 Å². The van der Waals surface area contributed by atoms with Crippen LogP contribution in [0.5, 0.6) is 0 Å². The number of hydrogen-bond donors (Lipinski definition) is 0. The molecule has 0 aliphatic carbocycles. The molecule has 2 N–H and O–H groups in total. The first-order valence-corrected chi connectivity index (χ1v) is 8.50. The van der Waals surface area contributed by atoms with Crippen molar-refractivity contribution < 1.29 is 35.7 Å². The van der Waals surface area contributed by atoms with Crippen molar-refractivity contribution in [2.75, 3.05) is 0 Å². The quantitative estimate of drug-likeness (QED) is 0.408. The van der Waals surface area contributed by atoms with E-state index in [9.17, 15) is 0 Å². The molecule has 7 heteroatoms. The van der Waals surface area contributed by atoms with Crippen LogP contribution < -0.4 is 17.0 Å². The summed E-state index contributed by atoms with van der Waals surface area (Å²) in [5.41, 5.74) is 2.23. The molecule has 0 saturated carbocycles. The number of furan rings is 3. The second kappa shape index (κ2) is 8.21. The first-order chi connectivity index (χ1) is 12.9. The van der Waals surface area contributed by atoms with Crippen LogP contribution in [0.25, 0.3) is 22.6 Å². The fraction of sp³-hybridized carbons (Fsp3) is 0.0952. The smallest absolute Gasteiger partial charge is 0.326 e. The van der Waals surface area contributed by atoms with Gasteiger partial charge in [-0.2, -0.15) is 0 Å². The molecule has 0 aliphatic heterocycles. The third kappa shape index (κ3) is 3.35. The molecule has 28 heavy (non-hydrogen) atoms. The van der Waals surface area contributed by atoms with Crippen LogP contribution >= 0.6 is 0 Å². The Morgan fingerprint density at radius 3 is 2.11 bits per heavy atom. The summed E-state index contributed by atoms with van der Waals surface area (Å²) >= 11 is 0. The molecule has 144 valence electrons. The molecule has 0 aliphatic rings. The fourth-order valence-electron chi connectivity index (χ4n) is 3.40. The summed E-state index contributed by atoms with van der Waals surface area (Å²) in [4.78, 5) is 0. The lowest BCUT2D eigenvalue weighted by molar-refractivity contribution is -0.654. The lowest BCUT2D eigenvalue weighted by Gasteiger charge is -2.02. The standard InChI is InChI=1S/C21H17N2O3.ClH.H2O/c1-2-9-19-18(8-1)22(14-16-6-3-11-24-16)21(20-10-5-13-26-20)23(19)15-17-7-4-12-25-17;;/h1-13H,14-15H2;1H;1H2/q+1;;/p-1. The number of fused-ring (bicyclic) bond motifs is 1. The van der Waals surface area contributed by atoms with Crippen molar-refractivity contribution in [3.8, 4) is 11.6 Å². The highest BCUT2D eigenvalue weighted by molar-refractivity contribution is 5.75. The van der Waals surface area contributed by atoms with Gasteiger partial charge in [0.25, 0.3) is 0 Å². The van der Waals surface area contributed by atoms with Crippen molar-refractivity contribution in [2.24, 2.45) is 0 Å². The Bertz CT molecular complexity index is 1050. The Morgan fingerprint density at radius 2 is 1.43 bits per heavy atom. The van der Waals surface area contributed by atoms with E-state index in [4.69, 9.17) is 13.3 Å². The van der Waals surface area contributed by atoms with E-state index in [1.807, 2.05) is 48.5 Å². The monoisotopic (exact) mass is 398 g/mol. The van der Waals surface area contributed by atoms with Crippen LogP contribution in [-0.4, -0.2) is 10.0 Å². The van der Waals surface area contributed by atoms with Crippen molar-refractivity contribution in [3.05, 3.63) is 91.0 Å². The van der Waals surface area contributed by atoms with Crippen molar-refractivity contribution in [1.82, 2.24) is 4.57 Å². The third-order valence-electron chi connectivity index (χ3n) is 4.50. The zero-order chi connectivity index (χ0) is 17.3. The number of para-hydroxylation sites is 2. The van der Waals surface area contributed by atoms with Gasteiger partial charge in [-0.25, -0.2) is 9.13 Å². The van der Waals surface area contributed by atoms with Crippen LogP contribution in [0, 0.1) is 0 Å². The Labute approximate surface area is 167 Å². The van der Waals surface area contributed by atoms with Gasteiger partial charge >= 0.3 is 5.82 Å². The maximum Gasteiger partial charge on any atom is 0.326 e. The minimum Gasteiger partial charge on any atom is -1.00 e. The number of hydrogen-bond acceptors (Lipinski definition) is 3. The van der Waals surface area contributed by atoms with Gasteiger partial charge in [-0.05, 0) is 48.5 Å². The van der Waals surface area contributed by atoms with Gasteiger partial charge < -0.3 is 31.1 Å². The fourth-order valence-corrected chi connectivity index (χ4v) is 3.40. The summed E-state index contributed by atoms with van der Waals surface area (Å²) in [6.45, 7) is 1.24. The maximum atomic E-state index is 5.77. The van der Waals surface area contributed by atoms with Crippen LogP contribution in [0.1, 0.15) is 11.5 Å². The Kier molecular flexibility index (Phi) is 5.73. The summed E-state index contributed by atoms with van der Waals surface area (Å²) in [5, 5.41) is 0. The van der Waals surface area contributed by atoms with Crippen LogP contribution in [0.15, 0.2) is 92.7 Å². The summed E-state index contributed by atoms with van der Waals surface area (Å²) < 4.78 is 21.4. The molecule has 0 atom stereocenters. The first-order valence-electron chi connectivity index (χ1n) is 8.50. The van der Waals surface area contributed by atoms with E-state index in [0.29, 0.717) is 13.1 Å². The summed E-state index contributed by atoms with van der Waals surface area (Å²) in [6, 6.07) is 20.0. The number of halogens is 1. The van der Waals surface area contributed by atoms with E-state index >= 15 is 0 Å². The number of rotatable bonds is 5. The molecule has 0 fully saturated rings. The minimum absolute atomic E-state index is 0. The van der Waals surface area contributed by atoms with Gasteiger partial charge in [0.2, 0.25) is 5.76 Å². The van der Waals surface area contributed by atoms with E-state index in [1.165, 1.54) is 0 Å². The lowest BCUT2D eigenvalue weighted by Crippen LogP contribution is -3.00. The molecule has 6 nitrogen and oxygen atoms in total. The zero-order valence-electron chi connectivity index (χ0n) is 14.9. The van der Waals surface area contributed by atoms with Crippen molar-refractivity contribution in [1.29, 1.82) is 0 Å². The van der Waals surface area contributed by atoms with Crippen molar-refractivity contribution in [2.45, 2.75) is 13.1 Å². The molecule has 0 saturated heterocycles. The van der Waals surface area contributed by atoms with Gasteiger partial charge in [0.15, 0.2) is 11.0 Å². The number of imidazole rings is 1. The van der Waals surface area contributed by atoms with Crippen molar-refractivity contribution in [3.63, 3.8) is 0 Å². The van der Waals surface area contributed by atoms with E-state index < -0.39 is 0 Å². The Hall–Kier alpha value is -3.22. The van der Waals surface area contributed by atoms with E-state index in [2.05, 4.69) is 21.3 Å². The molecule has 0 bridgehead atoms. The third-order valence-corrected chi connectivity index (χ3v) is 4.50. The number of aromatic nitrogens is 2. The predicted molar refractivity (Wildman–Crippen MR) is 99.1 cm³/mol. The summed E-state index contributed by atoms with van der Waals surface area (Å²) in [7, 11) is 0. The molecule has 1 aromatic carbocycles. The molecule has 4 heterocycles. The Balaban J connectivity index is 0.00000112. The van der Waals surface area contributed by atoms with Gasteiger partial charge in [0.05, 0.1) is 18.8 Å². The molecule has 0 spiro atoms. The normalized spacial score (nSPS) is 10.6. The first kappa shape index (κ1) is 19.5. The van der Waals surface area contributed by atoms with Gasteiger partial charge in [-0.3, -0.25) is 0 Å². The molecule has 0 amide bonds. The van der Waals surface area contributed by atoms with Gasteiger partial charge in [0, 0.05) is 0 Å². The summed E-state index contributed by atoms with van der Waals surface area (Å²) in [6.07, 6.45) is 5.09. The maximum absolute atomic E-state index is 5.77. The van der Waals surface area contributed by atoms with Gasteiger partial charge in [-0.15, -0.1) is 0 Å². The topological polar surface area (TPSA) is 79.7 Å². The van der Waals surface area contributed by atoms with Crippen molar-refractivity contribution >= 4 is 11.0 Å². The average molecular weight is 399 g/mol. The summed E-state index contributed by atoms with van der Waals surface area (Å²) in [5.74, 6) is 3.57. The lowest BCUT2D eigenvalue weighted by atomic mass is 10.3. The minimum atomic E-state index is 0. The largest absolute Gasteiger partial charge is 1.00 e. The average Bonchev–Trinajstić information content (AvgIpc) is 3.45. The molecule has 5 aromatic rings. The molecule has 4 aromatic heterocycles. The predicted octanol–water partition coefficient (Wildman–Crippen LogP) is 0.651. The van der Waals surface area contributed by atoms with Crippen LogP contribution in [0.2, 0.25) is 0 Å². The number of benzene rings is 1. The Morgan fingerprint density at radius 1 is 0.750 bits per heavy atom. The second-order valence-electron chi connectivity index (χ2n) is 6.12. The molecule has 0 unspecified atom stereocenters. The highest BCUT2D eigenvalue weighted by Gasteiger charge is 2.29. The van der Waals surface area contributed by atoms with Crippen LogP contribution in [0.3, 0.4) is 0 Å². The van der Waals surface area contributed by atoms with E-state index in [0.717, 1.165) is 34.1 Å².